The second-order valence-electron chi connectivity index (χ2n) is 0.214. The largest absolute Gasteiger partial charge is 0.191 e. The van der Waals surface area contributed by atoms with Crippen molar-refractivity contribution in [1.29, 1.82) is 5.26 Å². The Balaban J connectivity index is 2.92. The molecule has 0 saturated carbocycles. The maximum absolute atomic E-state index is 7.41. The van der Waals surface area contributed by atoms with Crippen LogP contribution in [0.3, 0.4) is 0 Å². The highest BCUT2D eigenvalue weighted by Gasteiger charge is 1.41. The standard InChI is InChI=1S/C2NS/c3-1-2-4. The van der Waals surface area contributed by atoms with E-state index in [0.717, 1.165) is 0 Å². The Morgan fingerprint density at radius 2 is 2.00 bits per heavy atom. The van der Waals surface area contributed by atoms with Gasteiger partial charge in [0.2, 0.25) is 0 Å². The van der Waals surface area contributed by atoms with Gasteiger partial charge in [-0.3, -0.25) is 0 Å². The summed E-state index contributed by atoms with van der Waals surface area (Å²) in [6.07, 6.45) is 0. The van der Waals surface area contributed by atoms with Crippen molar-refractivity contribution in [2.24, 2.45) is 0 Å². The molecule has 0 saturated heterocycles. The molecule has 0 aliphatic rings. The molecule has 0 bridgehead atoms. The van der Waals surface area contributed by atoms with Crippen molar-refractivity contribution >= 4 is 17.6 Å². The fourth-order valence-electron chi connectivity index (χ4n) is 0. The van der Waals surface area contributed by atoms with E-state index >= 15 is 0 Å². The maximum atomic E-state index is 7.41. The van der Waals surface area contributed by atoms with Crippen molar-refractivity contribution < 1.29 is 0 Å². The quantitative estimate of drug-likeness (QED) is 0.385. The van der Waals surface area contributed by atoms with Crippen LogP contribution in [-0.2, 0) is 0 Å². The van der Waals surface area contributed by atoms with Crippen LogP contribution in [0, 0.1) is 11.3 Å². The average molecular weight is 70.1 g/mol. The lowest BCUT2D eigenvalue weighted by Crippen LogP contribution is -1.39. The molecule has 0 aromatic heterocycles. The number of rotatable bonds is 0. The van der Waals surface area contributed by atoms with Crippen molar-refractivity contribution in [2.45, 2.75) is 0 Å². The third-order valence-corrected chi connectivity index (χ3v) is 0.137. The van der Waals surface area contributed by atoms with Crippen LogP contribution in [0.2, 0.25) is 0 Å². The summed E-state index contributed by atoms with van der Waals surface area (Å²) < 4.78 is 0. The molecule has 0 aliphatic carbocycles. The molecule has 0 aromatic carbocycles. The third-order valence-electron chi connectivity index (χ3n) is 0.0456. The molecule has 19 valence electrons. The van der Waals surface area contributed by atoms with E-state index in [0.29, 0.717) is 0 Å². The van der Waals surface area contributed by atoms with Crippen molar-refractivity contribution in [3.63, 3.8) is 0 Å². The highest BCUT2D eigenvalue weighted by atomic mass is 32.1. The zero-order valence-electron chi connectivity index (χ0n) is 1.86. The predicted octanol–water partition coefficient (Wildman–Crippen LogP) is 0.387. The molecule has 0 spiro atoms. The van der Waals surface area contributed by atoms with Crippen LogP contribution in [0.5, 0.6) is 0 Å². The third kappa shape index (κ3) is 1.58. The zero-order valence-corrected chi connectivity index (χ0v) is 2.67. The lowest BCUT2D eigenvalue weighted by atomic mass is 10.9. The number of nitriles is 1. The molecule has 0 unspecified atom stereocenters. The molecule has 4 heavy (non-hydrogen) atoms. The van der Waals surface area contributed by atoms with E-state index in [1.54, 1.807) is 0 Å². The van der Waals surface area contributed by atoms with E-state index in [2.05, 4.69) is 12.2 Å². The normalized spacial score (nSPS) is 3.75. The molecular weight excluding hydrogens is 70.1 g/mol. The Morgan fingerprint density at radius 1 is 1.75 bits per heavy atom. The molecule has 0 aliphatic heterocycles. The van der Waals surface area contributed by atoms with Crippen LogP contribution < -0.4 is 0 Å². The van der Waals surface area contributed by atoms with Gasteiger partial charge in [0.15, 0.2) is 0 Å². The summed E-state index contributed by atoms with van der Waals surface area (Å²) in [5.41, 5.74) is 0. The van der Waals surface area contributed by atoms with Gasteiger partial charge in [-0.25, -0.2) is 0 Å². The van der Waals surface area contributed by atoms with Gasteiger partial charge in [-0.05, 0) is 0 Å². The summed E-state index contributed by atoms with van der Waals surface area (Å²) in [4.78, 5) is 0. The summed E-state index contributed by atoms with van der Waals surface area (Å²) >= 11 is 3.94. The smallest absolute Gasteiger partial charge is 0.144 e. The van der Waals surface area contributed by atoms with Gasteiger partial charge in [0.25, 0.3) is 0 Å². The van der Waals surface area contributed by atoms with E-state index in [4.69, 9.17) is 5.26 Å². The summed E-state index contributed by atoms with van der Waals surface area (Å²) in [5.74, 6) is 0. The Hall–Kier alpha value is -0.420. The van der Waals surface area contributed by atoms with Crippen LogP contribution in [0.25, 0.3) is 0 Å². The average Bonchev–Trinajstić information content (AvgIpc) is 1.37. The van der Waals surface area contributed by atoms with Crippen LogP contribution in [0.15, 0.2) is 0 Å². The molecule has 0 heterocycles. The van der Waals surface area contributed by atoms with Crippen molar-refractivity contribution in [1.82, 2.24) is 0 Å². The Kier molecular flexibility index (Phi) is 2.31. The van der Waals surface area contributed by atoms with Gasteiger partial charge in [0, 0.05) is 0 Å². The summed E-state index contributed by atoms with van der Waals surface area (Å²) in [6.45, 7) is 0. The lowest BCUT2D eigenvalue weighted by molar-refractivity contribution is 1.56. The summed E-state index contributed by atoms with van der Waals surface area (Å²) in [6, 6.07) is 1.50. The molecule has 2 heteroatoms. The van der Waals surface area contributed by atoms with E-state index in [9.17, 15) is 0 Å². The number of thiocarbonyl (C=S) groups is 1. The first-order valence-corrected chi connectivity index (χ1v) is 1.09. The molecule has 1 nitrogen and oxygen atoms in total. The first kappa shape index (κ1) is 3.58. The van der Waals surface area contributed by atoms with Crippen LogP contribution in [-0.4, -0.2) is 5.37 Å². The topological polar surface area (TPSA) is 23.8 Å². The second-order valence-corrected chi connectivity index (χ2v) is 0.418. The van der Waals surface area contributed by atoms with Crippen LogP contribution in [0.1, 0.15) is 0 Å². The Bertz CT molecular complexity index is 51.5. The molecule has 0 N–H and O–H groups in total. The minimum atomic E-state index is 1.50. The highest BCUT2D eigenvalue weighted by Crippen LogP contribution is 1.35. The van der Waals surface area contributed by atoms with Crippen molar-refractivity contribution in [2.75, 3.05) is 0 Å². The van der Waals surface area contributed by atoms with Gasteiger partial charge in [-0.2, -0.15) is 5.26 Å². The molecule has 0 atom stereocenters. The van der Waals surface area contributed by atoms with Crippen molar-refractivity contribution in [3.05, 3.63) is 0 Å². The highest BCUT2D eigenvalue weighted by molar-refractivity contribution is 7.79. The Labute approximate surface area is 29.9 Å². The van der Waals surface area contributed by atoms with Gasteiger partial charge >= 0.3 is 0 Å². The summed E-state index contributed by atoms with van der Waals surface area (Å²) in [5, 5.41) is 9.23. The molecule has 0 aromatic rings. The number of hydrogen-bond donors (Lipinski definition) is 0. The van der Waals surface area contributed by atoms with E-state index in [1.807, 2.05) is 5.37 Å². The molecular formula is C2NS. The zero-order chi connectivity index (χ0) is 3.41. The molecule has 1 radical (unpaired) electrons. The second kappa shape index (κ2) is 2.58. The fraction of sp³-hybridized carbons (Fsp3) is 0. The minimum Gasteiger partial charge on any atom is -0.191 e. The minimum absolute atomic E-state index is 1.50. The van der Waals surface area contributed by atoms with Gasteiger partial charge in [0.05, 0.1) is 0 Å². The van der Waals surface area contributed by atoms with E-state index < -0.39 is 0 Å². The summed E-state index contributed by atoms with van der Waals surface area (Å²) in [7, 11) is 0. The first-order valence-electron chi connectivity index (χ1n) is 0.678. The fourth-order valence-corrected chi connectivity index (χ4v) is 0. The van der Waals surface area contributed by atoms with Gasteiger partial charge < -0.3 is 0 Å². The number of nitrogens with zero attached hydrogens (tertiary/aromatic N) is 1. The monoisotopic (exact) mass is 70.0 g/mol. The predicted molar refractivity (Wildman–Crippen MR) is 18.2 cm³/mol. The van der Waals surface area contributed by atoms with E-state index in [-0.39, 0.29) is 0 Å². The molecule has 0 amide bonds. The van der Waals surface area contributed by atoms with Gasteiger partial charge in [-0.1, -0.05) is 12.2 Å². The van der Waals surface area contributed by atoms with Crippen LogP contribution >= 0.6 is 12.2 Å². The SMILES string of the molecule is N#C[C]=S. The lowest BCUT2D eigenvalue weighted by Gasteiger charge is -1.24. The number of hydrogen-bond acceptors (Lipinski definition) is 2. The maximum Gasteiger partial charge on any atom is 0.144 e. The van der Waals surface area contributed by atoms with E-state index in [1.165, 1.54) is 6.07 Å². The van der Waals surface area contributed by atoms with Gasteiger partial charge in [0.1, 0.15) is 11.4 Å². The van der Waals surface area contributed by atoms with Crippen LogP contribution in [0.4, 0.5) is 0 Å². The Morgan fingerprint density at radius 3 is 2.00 bits per heavy atom. The molecule has 0 rings (SSSR count). The van der Waals surface area contributed by atoms with Gasteiger partial charge in [-0.15, -0.1) is 0 Å². The first-order chi connectivity index (χ1) is 1.91. The molecule has 0 fully saturated rings. The van der Waals surface area contributed by atoms with Crippen molar-refractivity contribution in [3.8, 4) is 6.07 Å².